The second-order valence-electron chi connectivity index (χ2n) is 6.91. The highest BCUT2D eigenvalue weighted by molar-refractivity contribution is 5.83. The molecule has 2 heterocycles. The molecule has 2 atom stereocenters. The molecule has 2 saturated heterocycles. The Balaban J connectivity index is 1.71. The lowest BCUT2D eigenvalue weighted by Crippen LogP contribution is -2.55. The zero-order valence-corrected chi connectivity index (χ0v) is 16.3. The van der Waals surface area contributed by atoms with Gasteiger partial charge in [0.25, 0.3) is 5.91 Å². The Hall–Kier alpha value is -1.83. The number of hydrogen-bond donors (Lipinski definition) is 2. The summed E-state index contributed by atoms with van der Waals surface area (Å²) in [6.07, 6.45) is 2.90. The van der Waals surface area contributed by atoms with E-state index in [4.69, 9.17) is 4.74 Å². The first-order chi connectivity index (χ1) is 12.5. The van der Waals surface area contributed by atoms with E-state index in [0.717, 1.165) is 38.3 Å². The Bertz CT molecular complexity index is 497. The van der Waals surface area contributed by atoms with E-state index in [-0.39, 0.29) is 24.0 Å². The molecule has 2 unspecified atom stereocenters. The van der Waals surface area contributed by atoms with Crippen molar-refractivity contribution in [3.05, 3.63) is 0 Å². The highest BCUT2D eigenvalue weighted by atomic mass is 16.5. The fourth-order valence-corrected chi connectivity index (χ4v) is 3.18. The maximum Gasteiger partial charge on any atom is 0.251 e. The van der Waals surface area contributed by atoms with Crippen LogP contribution in [0.3, 0.4) is 0 Å². The van der Waals surface area contributed by atoms with Gasteiger partial charge in [0.1, 0.15) is 6.10 Å². The molecule has 148 valence electrons. The highest BCUT2D eigenvalue weighted by Crippen LogP contribution is 2.16. The Morgan fingerprint density at radius 1 is 1.23 bits per heavy atom. The van der Waals surface area contributed by atoms with E-state index < -0.39 is 0 Å². The molecule has 0 aromatic heterocycles. The molecule has 0 bridgehead atoms. The number of carbonyl (C=O) groups is 2. The number of rotatable bonds is 6. The molecule has 26 heavy (non-hydrogen) atoms. The van der Waals surface area contributed by atoms with Crippen LogP contribution in [0.2, 0.25) is 0 Å². The molecule has 0 aromatic carbocycles. The van der Waals surface area contributed by atoms with Crippen molar-refractivity contribution in [2.45, 2.75) is 51.7 Å². The average molecular weight is 367 g/mol. The van der Waals surface area contributed by atoms with Crippen molar-refractivity contribution >= 4 is 17.8 Å². The van der Waals surface area contributed by atoms with Crippen molar-refractivity contribution in [3.8, 4) is 0 Å². The smallest absolute Gasteiger partial charge is 0.251 e. The van der Waals surface area contributed by atoms with Gasteiger partial charge < -0.3 is 25.2 Å². The minimum atomic E-state index is -0.247. The molecule has 0 radical (unpaired) electrons. The summed E-state index contributed by atoms with van der Waals surface area (Å²) in [5.41, 5.74) is 0. The molecule has 0 spiro atoms. The van der Waals surface area contributed by atoms with E-state index in [1.54, 1.807) is 7.05 Å². The first kappa shape index (κ1) is 20.5. The number of aliphatic imine (C=N–C) groups is 1. The molecule has 2 amide bonds. The Morgan fingerprint density at radius 3 is 2.50 bits per heavy atom. The Labute approximate surface area is 156 Å². The number of hydrogen-bond acceptors (Lipinski definition) is 4. The molecule has 0 aromatic rings. The topological polar surface area (TPSA) is 86.3 Å². The quantitative estimate of drug-likeness (QED) is 0.517. The predicted molar refractivity (Wildman–Crippen MR) is 101 cm³/mol. The number of amides is 2. The number of ether oxygens (including phenoxy) is 1. The van der Waals surface area contributed by atoms with Crippen LogP contribution in [0.1, 0.15) is 39.5 Å². The van der Waals surface area contributed by atoms with Crippen molar-refractivity contribution < 1.29 is 14.3 Å². The van der Waals surface area contributed by atoms with E-state index in [1.165, 1.54) is 0 Å². The van der Waals surface area contributed by atoms with Gasteiger partial charge in [-0.1, -0.05) is 6.92 Å². The third kappa shape index (κ3) is 5.86. The minimum Gasteiger partial charge on any atom is -0.368 e. The number of nitrogens with one attached hydrogen (secondary N) is 2. The van der Waals surface area contributed by atoms with Gasteiger partial charge in [-0.2, -0.15) is 0 Å². The normalized spacial score (nSPS) is 22.3. The van der Waals surface area contributed by atoms with Crippen LogP contribution in [0.4, 0.5) is 0 Å². The van der Waals surface area contributed by atoms with Crippen molar-refractivity contribution in [3.63, 3.8) is 0 Å². The van der Waals surface area contributed by atoms with Crippen LogP contribution in [0.25, 0.3) is 0 Å². The van der Waals surface area contributed by atoms with Crippen LogP contribution in [-0.2, 0) is 14.3 Å². The van der Waals surface area contributed by atoms with Crippen LogP contribution >= 0.6 is 0 Å². The van der Waals surface area contributed by atoms with Crippen LogP contribution in [0.5, 0.6) is 0 Å². The number of nitrogens with zero attached hydrogens (tertiary/aromatic N) is 3. The monoisotopic (exact) mass is 367 g/mol. The van der Waals surface area contributed by atoms with Gasteiger partial charge in [-0.05, 0) is 26.2 Å². The number of carbonyl (C=O) groups excluding carboxylic acids is 2. The molecule has 8 heteroatoms. The zero-order valence-electron chi connectivity index (χ0n) is 16.3. The van der Waals surface area contributed by atoms with Crippen LogP contribution < -0.4 is 10.6 Å². The number of piperazine rings is 1. The lowest BCUT2D eigenvalue weighted by molar-refractivity contribution is -0.142. The summed E-state index contributed by atoms with van der Waals surface area (Å²) in [6.45, 7) is 8.10. The molecule has 2 rings (SSSR count). The Kier molecular flexibility index (Phi) is 8.15. The highest BCUT2D eigenvalue weighted by Gasteiger charge is 2.30. The Morgan fingerprint density at radius 2 is 1.92 bits per heavy atom. The largest absolute Gasteiger partial charge is 0.368 e. The molecule has 2 fully saturated rings. The van der Waals surface area contributed by atoms with E-state index in [9.17, 15) is 9.59 Å². The van der Waals surface area contributed by atoms with Gasteiger partial charge in [0.2, 0.25) is 5.91 Å². The third-order valence-corrected chi connectivity index (χ3v) is 4.96. The summed E-state index contributed by atoms with van der Waals surface area (Å²) >= 11 is 0. The molecule has 2 aliphatic rings. The minimum absolute atomic E-state index is 0.0503. The van der Waals surface area contributed by atoms with E-state index in [2.05, 4.69) is 20.5 Å². The predicted octanol–water partition coefficient (Wildman–Crippen LogP) is 0.190. The second-order valence-corrected chi connectivity index (χ2v) is 6.91. The first-order valence-electron chi connectivity index (χ1n) is 9.70. The van der Waals surface area contributed by atoms with Gasteiger partial charge >= 0.3 is 0 Å². The van der Waals surface area contributed by atoms with Gasteiger partial charge in [0, 0.05) is 58.8 Å². The van der Waals surface area contributed by atoms with E-state index in [0.29, 0.717) is 32.7 Å². The van der Waals surface area contributed by atoms with Crippen molar-refractivity contribution in [1.82, 2.24) is 20.4 Å². The number of guanidine groups is 1. The maximum atomic E-state index is 12.4. The van der Waals surface area contributed by atoms with Crippen LogP contribution in [-0.4, -0.2) is 86.1 Å². The summed E-state index contributed by atoms with van der Waals surface area (Å²) < 4.78 is 5.50. The van der Waals surface area contributed by atoms with Crippen LogP contribution in [0.15, 0.2) is 4.99 Å². The molecular formula is C18H33N5O3. The fraction of sp³-hybridized carbons (Fsp3) is 0.833. The van der Waals surface area contributed by atoms with E-state index in [1.807, 2.05) is 18.7 Å². The second kappa shape index (κ2) is 10.4. The van der Waals surface area contributed by atoms with Gasteiger partial charge in [-0.15, -0.1) is 0 Å². The van der Waals surface area contributed by atoms with E-state index >= 15 is 0 Å². The summed E-state index contributed by atoms with van der Waals surface area (Å²) in [5, 5.41) is 6.20. The molecule has 8 nitrogen and oxygen atoms in total. The average Bonchev–Trinajstić information content (AvgIpc) is 3.19. The summed E-state index contributed by atoms with van der Waals surface area (Å²) in [4.78, 5) is 32.6. The zero-order chi connectivity index (χ0) is 18.9. The van der Waals surface area contributed by atoms with Crippen molar-refractivity contribution in [1.29, 1.82) is 0 Å². The lowest BCUT2D eigenvalue weighted by Gasteiger charge is -2.37. The SMILES string of the molecule is CCC(C)NC(=O)CCNC(=NC)N1CCN(C(=O)C2CCCO2)CC1. The van der Waals surface area contributed by atoms with Gasteiger partial charge in [-0.25, -0.2) is 0 Å². The molecular weight excluding hydrogens is 334 g/mol. The molecule has 2 N–H and O–H groups in total. The summed E-state index contributed by atoms with van der Waals surface area (Å²) in [7, 11) is 1.74. The molecule has 0 saturated carbocycles. The molecule has 2 aliphatic heterocycles. The first-order valence-corrected chi connectivity index (χ1v) is 9.70. The summed E-state index contributed by atoms with van der Waals surface area (Å²) in [6, 6.07) is 0.205. The maximum absolute atomic E-state index is 12.4. The van der Waals surface area contributed by atoms with Crippen LogP contribution in [0, 0.1) is 0 Å². The van der Waals surface area contributed by atoms with Gasteiger partial charge in [0.05, 0.1) is 0 Å². The standard InChI is InChI=1S/C18H33N5O3/c1-4-14(2)21-16(24)7-8-20-18(19-3)23-11-9-22(10-12-23)17(25)15-6-5-13-26-15/h14-15H,4-13H2,1-3H3,(H,19,20)(H,21,24). The summed E-state index contributed by atoms with van der Waals surface area (Å²) in [5.74, 6) is 0.951. The lowest BCUT2D eigenvalue weighted by atomic mass is 10.2. The van der Waals surface area contributed by atoms with Gasteiger partial charge in [-0.3, -0.25) is 14.6 Å². The van der Waals surface area contributed by atoms with Gasteiger partial charge in [0.15, 0.2) is 5.96 Å². The third-order valence-electron chi connectivity index (χ3n) is 4.96. The molecule has 0 aliphatic carbocycles. The fourth-order valence-electron chi connectivity index (χ4n) is 3.18. The van der Waals surface area contributed by atoms with Crippen molar-refractivity contribution in [2.24, 2.45) is 4.99 Å². The van der Waals surface area contributed by atoms with Crippen molar-refractivity contribution in [2.75, 3.05) is 46.4 Å².